The van der Waals surface area contributed by atoms with Gasteiger partial charge in [0.2, 0.25) is 0 Å². The van der Waals surface area contributed by atoms with Gasteiger partial charge in [-0.1, -0.05) is 12.1 Å². The molecule has 1 unspecified atom stereocenters. The molecule has 0 amide bonds. The molecule has 0 saturated heterocycles. The summed E-state index contributed by atoms with van der Waals surface area (Å²) in [6.45, 7) is 0. The Hall–Kier alpha value is 0.280. The van der Waals surface area contributed by atoms with Gasteiger partial charge in [0.15, 0.2) is 0 Å². The molecule has 0 radical (unpaired) electrons. The maximum atomic E-state index is 10.6. The first-order valence-electron chi connectivity index (χ1n) is 5.36. The van der Waals surface area contributed by atoms with E-state index in [9.17, 15) is 5.11 Å². The van der Waals surface area contributed by atoms with Gasteiger partial charge in [0.05, 0.1) is 3.79 Å². The Kier molecular flexibility index (Phi) is 4.18. The van der Waals surface area contributed by atoms with Gasteiger partial charge in [-0.2, -0.15) is 0 Å². The van der Waals surface area contributed by atoms with E-state index in [1.165, 1.54) is 4.70 Å². The summed E-state index contributed by atoms with van der Waals surface area (Å²) in [7, 11) is 0. The molecule has 6 heteroatoms. The number of benzene rings is 1. The third-order valence-electron chi connectivity index (χ3n) is 2.81. The van der Waals surface area contributed by atoms with Crippen molar-refractivity contribution < 1.29 is 5.11 Å². The van der Waals surface area contributed by atoms with Crippen LogP contribution in [-0.4, -0.2) is 5.11 Å². The summed E-state index contributed by atoms with van der Waals surface area (Å²) in [5.74, 6) is 0. The molecule has 0 fully saturated rings. The van der Waals surface area contributed by atoms with E-state index < -0.39 is 6.10 Å². The molecule has 0 bridgehead atoms. The second-order valence-electron chi connectivity index (χ2n) is 3.98. The molecule has 1 N–H and O–H groups in total. The number of aliphatic hydroxyl groups excluding tert-OH is 1. The fraction of sp³-hybridized carbons (Fsp3) is 0.0769. The van der Waals surface area contributed by atoms with Gasteiger partial charge >= 0.3 is 0 Å². The van der Waals surface area contributed by atoms with E-state index in [1.54, 1.807) is 22.7 Å². The molecular weight excluding hydrogens is 476 g/mol. The van der Waals surface area contributed by atoms with E-state index in [1.807, 2.05) is 29.6 Å². The molecule has 1 nitrogen and oxygen atoms in total. The van der Waals surface area contributed by atoms with Crippen molar-refractivity contribution in [1.29, 1.82) is 0 Å². The van der Waals surface area contributed by atoms with Crippen LogP contribution in [0, 0.1) is 0 Å². The summed E-state index contributed by atoms with van der Waals surface area (Å²) in [4.78, 5) is 0.929. The van der Waals surface area contributed by atoms with E-state index in [0.29, 0.717) is 0 Å². The summed E-state index contributed by atoms with van der Waals surface area (Å²) in [6, 6.07) is 8.02. The van der Waals surface area contributed by atoms with Crippen LogP contribution in [0.4, 0.5) is 0 Å². The molecule has 1 aromatic carbocycles. The van der Waals surface area contributed by atoms with E-state index in [0.717, 1.165) is 28.6 Å². The first-order chi connectivity index (χ1) is 9.08. The minimum absolute atomic E-state index is 0.587. The summed E-state index contributed by atoms with van der Waals surface area (Å²) in [5, 5.41) is 13.7. The Morgan fingerprint density at radius 1 is 1.11 bits per heavy atom. The first-order valence-corrected chi connectivity index (χ1v) is 9.44. The normalized spacial score (nSPS) is 13.1. The number of rotatable bonds is 2. The molecule has 0 aliphatic heterocycles. The molecule has 98 valence electrons. The van der Waals surface area contributed by atoms with Crippen LogP contribution in [0.1, 0.15) is 16.5 Å². The SMILES string of the molecule is OC(c1cc(Br)c(Br)s1)c1csc2c(Br)cccc12. The highest BCUT2D eigenvalue weighted by Gasteiger charge is 2.19. The molecule has 0 spiro atoms. The van der Waals surface area contributed by atoms with Crippen LogP contribution in [0.2, 0.25) is 0 Å². The molecule has 19 heavy (non-hydrogen) atoms. The fourth-order valence-corrected chi connectivity index (χ4v) is 5.64. The lowest BCUT2D eigenvalue weighted by molar-refractivity contribution is 0.226. The zero-order valence-corrected chi connectivity index (χ0v) is 15.8. The predicted molar refractivity (Wildman–Crippen MR) is 93.3 cm³/mol. The quantitative estimate of drug-likeness (QED) is 0.452. The van der Waals surface area contributed by atoms with E-state index in [-0.39, 0.29) is 0 Å². The molecule has 0 saturated carbocycles. The Bertz CT molecular complexity index is 728. The second-order valence-corrected chi connectivity index (χ2v) is 8.97. The molecule has 0 aliphatic rings. The van der Waals surface area contributed by atoms with Crippen LogP contribution < -0.4 is 0 Å². The molecule has 2 aromatic heterocycles. The Balaban J connectivity index is 2.11. The van der Waals surface area contributed by atoms with Crippen molar-refractivity contribution >= 4 is 80.5 Å². The zero-order chi connectivity index (χ0) is 13.6. The van der Waals surface area contributed by atoms with Gasteiger partial charge in [-0.05, 0) is 70.7 Å². The topological polar surface area (TPSA) is 20.2 Å². The molecule has 2 heterocycles. The van der Waals surface area contributed by atoms with Crippen LogP contribution in [-0.2, 0) is 0 Å². The van der Waals surface area contributed by atoms with Crippen molar-refractivity contribution in [3.05, 3.63) is 52.8 Å². The number of thiophene rings is 2. The lowest BCUT2D eigenvalue weighted by Crippen LogP contribution is -1.95. The summed E-state index contributed by atoms with van der Waals surface area (Å²) in [5.41, 5.74) is 0.961. The van der Waals surface area contributed by atoms with Crippen molar-refractivity contribution in [2.75, 3.05) is 0 Å². The van der Waals surface area contributed by atoms with Gasteiger partial charge in [0, 0.05) is 24.1 Å². The van der Waals surface area contributed by atoms with Gasteiger partial charge in [0.1, 0.15) is 6.10 Å². The van der Waals surface area contributed by atoms with Crippen molar-refractivity contribution in [3.8, 4) is 0 Å². The standard InChI is InChI=1S/C13H7Br3OS2/c14-8-3-1-2-6-7(5-18-12(6)8)11(17)10-4-9(15)13(16)19-10/h1-5,11,17H. The first kappa shape index (κ1) is 14.2. The van der Waals surface area contributed by atoms with Crippen LogP contribution >= 0.6 is 70.5 Å². The van der Waals surface area contributed by atoms with Gasteiger partial charge in [-0.3, -0.25) is 0 Å². The van der Waals surface area contributed by atoms with E-state index >= 15 is 0 Å². The number of hydrogen-bond acceptors (Lipinski definition) is 3. The van der Waals surface area contributed by atoms with Crippen LogP contribution in [0.3, 0.4) is 0 Å². The maximum Gasteiger partial charge on any atom is 0.115 e. The van der Waals surface area contributed by atoms with E-state index in [2.05, 4.69) is 47.8 Å². The number of hydrogen-bond donors (Lipinski definition) is 1. The highest BCUT2D eigenvalue weighted by Crippen LogP contribution is 2.41. The minimum Gasteiger partial charge on any atom is -0.383 e. The molecule has 3 rings (SSSR count). The van der Waals surface area contributed by atoms with Gasteiger partial charge in [-0.15, -0.1) is 22.7 Å². The Morgan fingerprint density at radius 2 is 1.89 bits per heavy atom. The Labute approximate surface area is 143 Å². The fourth-order valence-electron chi connectivity index (χ4n) is 1.90. The number of fused-ring (bicyclic) bond motifs is 1. The third-order valence-corrected chi connectivity index (χ3v) is 8.09. The van der Waals surface area contributed by atoms with Crippen LogP contribution in [0.15, 0.2) is 42.4 Å². The predicted octanol–water partition coefficient (Wildman–Crippen LogP) is 6.33. The number of aliphatic hydroxyl groups is 1. The van der Waals surface area contributed by atoms with Gasteiger partial charge in [-0.25, -0.2) is 0 Å². The van der Waals surface area contributed by atoms with Crippen molar-refractivity contribution in [3.63, 3.8) is 0 Å². The molecular formula is C13H7Br3OS2. The van der Waals surface area contributed by atoms with Crippen LogP contribution in [0.5, 0.6) is 0 Å². The lowest BCUT2D eigenvalue weighted by atomic mass is 10.1. The highest BCUT2D eigenvalue weighted by molar-refractivity contribution is 9.13. The third kappa shape index (κ3) is 2.59. The van der Waals surface area contributed by atoms with Crippen LogP contribution in [0.25, 0.3) is 10.1 Å². The van der Waals surface area contributed by atoms with Crippen molar-refractivity contribution in [2.24, 2.45) is 0 Å². The van der Waals surface area contributed by atoms with Gasteiger partial charge < -0.3 is 5.11 Å². The monoisotopic (exact) mass is 480 g/mol. The average Bonchev–Trinajstić information content (AvgIpc) is 2.94. The van der Waals surface area contributed by atoms with Crippen molar-refractivity contribution in [2.45, 2.75) is 6.10 Å². The molecule has 3 aromatic rings. The summed E-state index contributed by atoms with van der Waals surface area (Å²) in [6.07, 6.45) is -0.587. The van der Waals surface area contributed by atoms with E-state index in [4.69, 9.17) is 0 Å². The highest BCUT2D eigenvalue weighted by atomic mass is 79.9. The summed E-state index contributed by atoms with van der Waals surface area (Å²) < 4.78 is 4.22. The van der Waals surface area contributed by atoms with Gasteiger partial charge in [0.25, 0.3) is 0 Å². The lowest BCUT2D eigenvalue weighted by Gasteiger charge is -2.07. The maximum absolute atomic E-state index is 10.6. The zero-order valence-electron chi connectivity index (χ0n) is 9.36. The smallest absolute Gasteiger partial charge is 0.115 e. The van der Waals surface area contributed by atoms with Crippen molar-refractivity contribution in [1.82, 2.24) is 0 Å². The largest absolute Gasteiger partial charge is 0.383 e. The average molecular weight is 483 g/mol. The summed E-state index contributed by atoms with van der Waals surface area (Å²) >= 11 is 13.7. The minimum atomic E-state index is -0.587. The second kappa shape index (κ2) is 5.58. The Morgan fingerprint density at radius 3 is 2.58 bits per heavy atom. The molecule has 0 aliphatic carbocycles. The number of halogens is 3. The molecule has 1 atom stereocenters.